The number of nitrogens with one attached hydrogen (secondary N) is 1. The second-order valence-electron chi connectivity index (χ2n) is 9.51. The minimum atomic E-state index is -4.20. The van der Waals surface area contributed by atoms with Crippen LogP contribution in [0.2, 0.25) is 5.02 Å². The summed E-state index contributed by atoms with van der Waals surface area (Å²) in [7, 11) is -1.20. The van der Waals surface area contributed by atoms with Gasteiger partial charge in [0.15, 0.2) is 0 Å². The van der Waals surface area contributed by atoms with E-state index in [-0.39, 0.29) is 34.1 Å². The highest BCUT2D eigenvalue weighted by molar-refractivity contribution is 7.92. The van der Waals surface area contributed by atoms with Gasteiger partial charge in [0.2, 0.25) is 11.8 Å². The molecular weight excluding hydrogens is 566 g/mol. The number of benzene rings is 3. The van der Waals surface area contributed by atoms with Crippen molar-refractivity contribution in [3.63, 3.8) is 0 Å². The molecule has 0 saturated heterocycles. The van der Waals surface area contributed by atoms with Crippen LogP contribution < -0.4 is 19.1 Å². The van der Waals surface area contributed by atoms with Gasteiger partial charge in [0.1, 0.15) is 24.1 Å². The Labute approximate surface area is 247 Å². The van der Waals surface area contributed by atoms with Gasteiger partial charge in [-0.2, -0.15) is 0 Å². The molecule has 0 aliphatic carbocycles. The molecule has 0 aliphatic rings. The van der Waals surface area contributed by atoms with Crippen molar-refractivity contribution < 1.29 is 27.5 Å². The summed E-state index contributed by atoms with van der Waals surface area (Å²) in [4.78, 5) is 28.5. The van der Waals surface area contributed by atoms with Gasteiger partial charge >= 0.3 is 0 Å². The maximum absolute atomic E-state index is 14.0. The Balaban J connectivity index is 2.04. The zero-order valence-corrected chi connectivity index (χ0v) is 25.4. The summed E-state index contributed by atoms with van der Waals surface area (Å²) in [5.41, 5.74) is 0.918. The molecule has 0 fully saturated rings. The zero-order valence-electron chi connectivity index (χ0n) is 23.8. The molecule has 2 amide bonds. The predicted octanol–water partition coefficient (Wildman–Crippen LogP) is 4.88. The van der Waals surface area contributed by atoms with E-state index in [1.807, 2.05) is 13.8 Å². The first-order valence-corrected chi connectivity index (χ1v) is 15.0. The second-order valence-corrected chi connectivity index (χ2v) is 11.8. The molecular formula is C30H36ClN3O6S. The van der Waals surface area contributed by atoms with Crippen molar-refractivity contribution in [3.8, 4) is 11.5 Å². The van der Waals surface area contributed by atoms with Crippen molar-refractivity contribution in [3.05, 3.63) is 83.4 Å². The number of halogens is 1. The molecule has 0 unspecified atom stereocenters. The van der Waals surface area contributed by atoms with Crippen LogP contribution in [0, 0.1) is 0 Å². The van der Waals surface area contributed by atoms with Gasteiger partial charge in [0, 0.05) is 12.6 Å². The van der Waals surface area contributed by atoms with Crippen molar-refractivity contribution in [1.29, 1.82) is 0 Å². The van der Waals surface area contributed by atoms with E-state index in [1.54, 1.807) is 56.5 Å². The van der Waals surface area contributed by atoms with E-state index >= 15 is 0 Å². The Kier molecular flexibility index (Phi) is 11.0. The second kappa shape index (κ2) is 14.2. The Morgan fingerprint density at radius 3 is 2.17 bits per heavy atom. The Morgan fingerprint density at radius 2 is 1.61 bits per heavy atom. The van der Waals surface area contributed by atoms with Crippen LogP contribution in [0.15, 0.2) is 77.7 Å². The lowest BCUT2D eigenvalue weighted by molar-refractivity contribution is -0.139. The molecule has 0 saturated carbocycles. The molecule has 0 aliphatic heterocycles. The number of methoxy groups -OCH3 is 2. The first kappa shape index (κ1) is 31.8. The van der Waals surface area contributed by atoms with Crippen LogP contribution in [0.25, 0.3) is 0 Å². The summed E-state index contributed by atoms with van der Waals surface area (Å²) >= 11 is 6.35. The van der Waals surface area contributed by atoms with Gasteiger partial charge in [-0.25, -0.2) is 8.42 Å². The summed E-state index contributed by atoms with van der Waals surface area (Å²) < 4.78 is 39.2. The molecule has 9 nitrogen and oxygen atoms in total. The molecule has 3 aromatic carbocycles. The third-order valence-corrected chi connectivity index (χ3v) is 8.80. The summed E-state index contributed by atoms with van der Waals surface area (Å²) in [6, 6.07) is 18.4. The van der Waals surface area contributed by atoms with Crippen LogP contribution >= 0.6 is 11.6 Å². The molecule has 0 bridgehead atoms. The fourth-order valence-electron chi connectivity index (χ4n) is 4.03. The summed E-state index contributed by atoms with van der Waals surface area (Å²) in [6.07, 6.45) is 0.714. The number of nitrogens with zero attached hydrogens (tertiary/aromatic N) is 2. The average Bonchev–Trinajstić information content (AvgIpc) is 2.98. The number of rotatable bonds is 13. The van der Waals surface area contributed by atoms with E-state index in [1.165, 1.54) is 42.3 Å². The minimum Gasteiger partial charge on any atom is -0.497 e. The first-order chi connectivity index (χ1) is 19.5. The summed E-state index contributed by atoms with van der Waals surface area (Å²) in [5.74, 6) is 0.0891. The SMILES string of the molecule is CC[C@@H](C)NC(=O)[C@H](C)N(Cc1ccc(OC)cc1)C(=O)CN(c1ccc(OC)c(Cl)c1)S(=O)(=O)c1ccccc1. The molecule has 41 heavy (non-hydrogen) atoms. The largest absolute Gasteiger partial charge is 0.497 e. The van der Waals surface area contributed by atoms with Crippen molar-refractivity contribution >= 4 is 39.1 Å². The van der Waals surface area contributed by atoms with Crippen molar-refractivity contribution in [2.75, 3.05) is 25.1 Å². The number of hydrogen-bond acceptors (Lipinski definition) is 6. The van der Waals surface area contributed by atoms with E-state index in [0.717, 1.165) is 9.87 Å². The van der Waals surface area contributed by atoms with Gasteiger partial charge in [-0.15, -0.1) is 0 Å². The van der Waals surface area contributed by atoms with E-state index in [0.29, 0.717) is 17.9 Å². The number of ether oxygens (including phenoxy) is 2. The van der Waals surface area contributed by atoms with E-state index in [2.05, 4.69) is 5.32 Å². The molecule has 3 aromatic rings. The molecule has 11 heteroatoms. The monoisotopic (exact) mass is 601 g/mol. The fraction of sp³-hybridized carbons (Fsp3) is 0.333. The van der Waals surface area contributed by atoms with Gasteiger partial charge in [-0.05, 0) is 68.3 Å². The van der Waals surface area contributed by atoms with E-state index in [4.69, 9.17) is 21.1 Å². The number of hydrogen-bond donors (Lipinski definition) is 1. The number of sulfonamides is 1. The topological polar surface area (TPSA) is 105 Å². The number of carbonyl (C=O) groups is 2. The lowest BCUT2D eigenvalue weighted by Gasteiger charge is -2.32. The molecule has 220 valence electrons. The highest BCUT2D eigenvalue weighted by Gasteiger charge is 2.33. The lowest BCUT2D eigenvalue weighted by Crippen LogP contribution is -2.52. The van der Waals surface area contributed by atoms with Crippen LogP contribution in [0.5, 0.6) is 11.5 Å². The van der Waals surface area contributed by atoms with Crippen LogP contribution in [-0.2, 0) is 26.2 Å². The van der Waals surface area contributed by atoms with Gasteiger partial charge in [0.25, 0.3) is 10.0 Å². The Bertz CT molecular complexity index is 1430. The number of amides is 2. The summed E-state index contributed by atoms with van der Waals surface area (Å²) in [6.45, 7) is 4.95. The standard InChI is InChI=1S/C30H36ClN3O6S/c1-6-21(2)32-30(36)22(3)33(19-23-12-15-25(39-4)16-13-23)29(35)20-34(24-14-17-28(40-5)27(31)18-24)41(37,38)26-10-8-7-9-11-26/h7-18,21-22H,6,19-20H2,1-5H3,(H,32,36)/t21-,22+/m1/s1. The van der Waals surface area contributed by atoms with Crippen LogP contribution in [0.4, 0.5) is 5.69 Å². The molecule has 1 N–H and O–H groups in total. The molecule has 0 radical (unpaired) electrons. The van der Waals surface area contributed by atoms with Gasteiger partial charge in [-0.1, -0.05) is 48.9 Å². The van der Waals surface area contributed by atoms with Gasteiger partial charge in [-0.3, -0.25) is 13.9 Å². The third kappa shape index (κ3) is 7.92. The minimum absolute atomic E-state index is 0.00371. The van der Waals surface area contributed by atoms with Crippen molar-refractivity contribution in [2.45, 2.75) is 50.7 Å². The third-order valence-electron chi connectivity index (χ3n) is 6.71. The quantitative estimate of drug-likeness (QED) is 0.299. The Hall–Kier alpha value is -3.76. The Morgan fingerprint density at radius 1 is 0.951 bits per heavy atom. The maximum Gasteiger partial charge on any atom is 0.264 e. The first-order valence-electron chi connectivity index (χ1n) is 13.2. The van der Waals surface area contributed by atoms with E-state index in [9.17, 15) is 18.0 Å². The highest BCUT2D eigenvalue weighted by Crippen LogP contribution is 2.32. The smallest absolute Gasteiger partial charge is 0.264 e. The van der Waals surface area contributed by atoms with Crippen LogP contribution in [-0.4, -0.2) is 58.0 Å². The summed E-state index contributed by atoms with van der Waals surface area (Å²) in [5, 5.41) is 3.10. The normalized spacial score (nSPS) is 12.6. The fourth-order valence-corrected chi connectivity index (χ4v) is 5.71. The predicted molar refractivity (Wildman–Crippen MR) is 160 cm³/mol. The maximum atomic E-state index is 14.0. The number of anilines is 1. The number of carbonyl (C=O) groups excluding carboxylic acids is 2. The average molecular weight is 602 g/mol. The molecule has 0 aromatic heterocycles. The van der Waals surface area contributed by atoms with Gasteiger partial charge in [0.05, 0.1) is 29.8 Å². The molecule has 0 heterocycles. The van der Waals surface area contributed by atoms with Gasteiger partial charge < -0.3 is 19.7 Å². The highest BCUT2D eigenvalue weighted by atomic mass is 35.5. The van der Waals surface area contributed by atoms with Crippen LogP contribution in [0.1, 0.15) is 32.8 Å². The van der Waals surface area contributed by atoms with Crippen molar-refractivity contribution in [1.82, 2.24) is 10.2 Å². The van der Waals surface area contributed by atoms with E-state index < -0.39 is 28.5 Å². The molecule has 2 atom stereocenters. The van der Waals surface area contributed by atoms with Crippen LogP contribution in [0.3, 0.4) is 0 Å². The van der Waals surface area contributed by atoms with Crippen molar-refractivity contribution in [2.24, 2.45) is 0 Å². The molecule has 3 rings (SSSR count). The lowest BCUT2D eigenvalue weighted by atomic mass is 10.1. The molecule has 0 spiro atoms. The zero-order chi connectivity index (χ0) is 30.2.